The minimum atomic E-state index is 0.140. The van der Waals surface area contributed by atoms with Crippen LogP contribution < -0.4 is 0 Å². The van der Waals surface area contributed by atoms with Crippen molar-refractivity contribution in [2.75, 3.05) is 6.61 Å². The van der Waals surface area contributed by atoms with E-state index in [2.05, 4.69) is 43.9 Å². The summed E-state index contributed by atoms with van der Waals surface area (Å²) >= 11 is 0. The van der Waals surface area contributed by atoms with E-state index in [1.807, 2.05) is 0 Å². The molecule has 15 heavy (non-hydrogen) atoms. The van der Waals surface area contributed by atoms with Crippen LogP contribution in [0.5, 0.6) is 0 Å². The number of aliphatic hydroxyl groups excluding tert-OH is 1. The van der Waals surface area contributed by atoms with Crippen LogP contribution in [0.25, 0.3) is 0 Å². The highest BCUT2D eigenvalue weighted by molar-refractivity contribution is 5.41. The molecule has 1 heteroatoms. The Balaban J connectivity index is 2.89. The molecule has 0 atom stereocenters. The van der Waals surface area contributed by atoms with Crippen molar-refractivity contribution in [2.24, 2.45) is 0 Å². The van der Waals surface area contributed by atoms with Gasteiger partial charge in [0.05, 0.1) is 6.61 Å². The summed E-state index contributed by atoms with van der Waals surface area (Å²) < 4.78 is 0. The predicted molar refractivity (Wildman–Crippen MR) is 63.8 cm³/mol. The van der Waals surface area contributed by atoms with Crippen LogP contribution in [0.4, 0.5) is 0 Å². The molecule has 1 rings (SSSR count). The average molecular weight is 202 g/mol. The van der Waals surface area contributed by atoms with Crippen molar-refractivity contribution in [2.45, 2.75) is 33.1 Å². The van der Waals surface area contributed by atoms with Crippen LogP contribution in [0.1, 0.15) is 37.0 Å². The van der Waals surface area contributed by atoms with Crippen LogP contribution in [0, 0.1) is 11.8 Å². The summed E-state index contributed by atoms with van der Waals surface area (Å²) in [6.07, 6.45) is 2.68. The molecule has 0 aliphatic heterocycles. The van der Waals surface area contributed by atoms with Crippen LogP contribution in [-0.4, -0.2) is 11.7 Å². The van der Waals surface area contributed by atoms with Gasteiger partial charge in [0.15, 0.2) is 0 Å². The molecular formula is C14H18O. The fraction of sp³-hybridized carbons (Fsp3) is 0.429. The lowest BCUT2D eigenvalue weighted by atomic mass is 10.0. The van der Waals surface area contributed by atoms with E-state index in [9.17, 15) is 0 Å². The number of hydrogen-bond donors (Lipinski definition) is 1. The first-order valence-corrected chi connectivity index (χ1v) is 5.53. The van der Waals surface area contributed by atoms with Crippen LogP contribution in [0.15, 0.2) is 18.2 Å². The lowest BCUT2D eigenvalue weighted by molar-refractivity contribution is 0.305. The van der Waals surface area contributed by atoms with Crippen molar-refractivity contribution in [3.05, 3.63) is 34.9 Å². The number of benzene rings is 1. The van der Waals surface area contributed by atoms with E-state index < -0.39 is 0 Å². The van der Waals surface area contributed by atoms with E-state index in [1.54, 1.807) is 0 Å². The molecule has 0 fully saturated rings. The molecule has 0 amide bonds. The van der Waals surface area contributed by atoms with Gasteiger partial charge in [-0.15, -0.1) is 0 Å². The molecule has 0 radical (unpaired) electrons. The van der Waals surface area contributed by atoms with Gasteiger partial charge in [-0.3, -0.25) is 0 Å². The average Bonchev–Trinajstić information content (AvgIpc) is 2.29. The first-order chi connectivity index (χ1) is 7.31. The van der Waals surface area contributed by atoms with Gasteiger partial charge in [-0.1, -0.05) is 31.8 Å². The fourth-order valence-corrected chi connectivity index (χ4v) is 1.60. The van der Waals surface area contributed by atoms with Gasteiger partial charge in [0, 0.05) is 12.0 Å². The van der Waals surface area contributed by atoms with Gasteiger partial charge in [-0.05, 0) is 36.1 Å². The standard InChI is InChI=1S/C14H18O/c1-3-13-9-8-12(7-5-6-10-15)11-14(13)4-2/h8-9,11,15H,3-4,6,10H2,1-2H3. The highest BCUT2D eigenvalue weighted by atomic mass is 16.2. The summed E-state index contributed by atoms with van der Waals surface area (Å²) in [6, 6.07) is 6.37. The second-order valence-corrected chi connectivity index (χ2v) is 3.47. The zero-order valence-electron chi connectivity index (χ0n) is 9.51. The topological polar surface area (TPSA) is 20.2 Å². The summed E-state index contributed by atoms with van der Waals surface area (Å²) in [7, 11) is 0. The Morgan fingerprint density at radius 2 is 1.87 bits per heavy atom. The van der Waals surface area contributed by atoms with Crippen LogP contribution >= 0.6 is 0 Å². The van der Waals surface area contributed by atoms with E-state index in [1.165, 1.54) is 11.1 Å². The lowest BCUT2D eigenvalue weighted by Gasteiger charge is -2.05. The summed E-state index contributed by atoms with van der Waals surface area (Å²) in [5.41, 5.74) is 3.84. The van der Waals surface area contributed by atoms with Crippen LogP contribution in [0.3, 0.4) is 0 Å². The molecule has 0 saturated heterocycles. The molecule has 0 spiro atoms. The molecule has 1 N–H and O–H groups in total. The Bertz CT molecular complexity index is 369. The maximum absolute atomic E-state index is 8.62. The monoisotopic (exact) mass is 202 g/mol. The molecule has 0 aromatic heterocycles. The molecular weight excluding hydrogens is 184 g/mol. The van der Waals surface area contributed by atoms with E-state index in [0.29, 0.717) is 6.42 Å². The van der Waals surface area contributed by atoms with Crippen molar-refractivity contribution in [3.63, 3.8) is 0 Å². The van der Waals surface area contributed by atoms with Gasteiger partial charge in [0.1, 0.15) is 0 Å². The Labute approximate surface area is 92.1 Å². The molecule has 1 aromatic rings. The van der Waals surface area contributed by atoms with Gasteiger partial charge in [0.25, 0.3) is 0 Å². The smallest absolute Gasteiger partial charge is 0.0540 e. The first kappa shape index (κ1) is 11.8. The van der Waals surface area contributed by atoms with Crippen molar-refractivity contribution in [3.8, 4) is 11.8 Å². The van der Waals surface area contributed by atoms with E-state index in [0.717, 1.165) is 18.4 Å². The number of rotatable bonds is 3. The molecule has 0 heterocycles. The third kappa shape index (κ3) is 3.42. The molecule has 80 valence electrons. The van der Waals surface area contributed by atoms with E-state index in [-0.39, 0.29) is 6.61 Å². The largest absolute Gasteiger partial charge is 0.395 e. The van der Waals surface area contributed by atoms with Crippen molar-refractivity contribution in [1.82, 2.24) is 0 Å². The maximum Gasteiger partial charge on any atom is 0.0540 e. The van der Waals surface area contributed by atoms with Crippen LogP contribution in [-0.2, 0) is 12.8 Å². The van der Waals surface area contributed by atoms with Gasteiger partial charge < -0.3 is 5.11 Å². The van der Waals surface area contributed by atoms with Crippen LogP contribution in [0.2, 0.25) is 0 Å². The highest BCUT2D eigenvalue weighted by Crippen LogP contribution is 2.13. The third-order valence-corrected chi connectivity index (χ3v) is 2.44. The molecule has 0 aliphatic carbocycles. The Hall–Kier alpha value is -1.26. The predicted octanol–water partition coefficient (Wildman–Crippen LogP) is 2.55. The summed E-state index contributed by atoms with van der Waals surface area (Å²) in [6.45, 7) is 4.48. The zero-order chi connectivity index (χ0) is 11.1. The van der Waals surface area contributed by atoms with Crippen molar-refractivity contribution in [1.29, 1.82) is 0 Å². The third-order valence-electron chi connectivity index (χ3n) is 2.44. The normalized spacial score (nSPS) is 9.53. The molecule has 0 unspecified atom stereocenters. The lowest BCUT2D eigenvalue weighted by Crippen LogP contribution is -1.91. The van der Waals surface area contributed by atoms with Gasteiger partial charge in [-0.25, -0.2) is 0 Å². The minimum absolute atomic E-state index is 0.140. The number of aryl methyl sites for hydroxylation is 2. The minimum Gasteiger partial charge on any atom is -0.395 e. The second-order valence-electron chi connectivity index (χ2n) is 3.47. The van der Waals surface area contributed by atoms with Crippen molar-refractivity contribution >= 4 is 0 Å². The van der Waals surface area contributed by atoms with Gasteiger partial charge >= 0.3 is 0 Å². The molecule has 0 bridgehead atoms. The maximum atomic E-state index is 8.62. The number of aliphatic hydroxyl groups is 1. The Kier molecular flexibility index (Phi) is 4.93. The molecule has 1 aromatic carbocycles. The Morgan fingerprint density at radius 1 is 1.13 bits per heavy atom. The van der Waals surface area contributed by atoms with E-state index >= 15 is 0 Å². The summed E-state index contributed by atoms with van der Waals surface area (Å²) in [5, 5.41) is 8.62. The van der Waals surface area contributed by atoms with E-state index in [4.69, 9.17) is 5.11 Å². The molecule has 1 nitrogen and oxygen atoms in total. The fourth-order valence-electron chi connectivity index (χ4n) is 1.60. The SMILES string of the molecule is CCc1ccc(C#CCCO)cc1CC. The quantitative estimate of drug-likeness (QED) is 0.747. The molecule has 0 saturated carbocycles. The summed E-state index contributed by atoms with van der Waals surface area (Å²) in [5.74, 6) is 6.00. The zero-order valence-corrected chi connectivity index (χ0v) is 9.51. The number of hydrogen-bond acceptors (Lipinski definition) is 1. The summed E-state index contributed by atoms with van der Waals surface area (Å²) in [4.78, 5) is 0. The molecule has 0 aliphatic rings. The van der Waals surface area contributed by atoms with Gasteiger partial charge in [0.2, 0.25) is 0 Å². The van der Waals surface area contributed by atoms with Gasteiger partial charge in [-0.2, -0.15) is 0 Å². The first-order valence-electron chi connectivity index (χ1n) is 5.53. The Morgan fingerprint density at radius 3 is 2.47 bits per heavy atom. The van der Waals surface area contributed by atoms with Crippen molar-refractivity contribution < 1.29 is 5.11 Å². The second kappa shape index (κ2) is 6.27. The highest BCUT2D eigenvalue weighted by Gasteiger charge is 1.98.